The molecule has 1 fully saturated rings. The van der Waals surface area contributed by atoms with E-state index < -0.39 is 11.4 Å². The van der Waals surface area contributed by atoms with E-state index in [1.165, 1.54) is 6.07 Å². The number of para-hydroxylation sites is 1. The van der Waals surface area contributed by atoms with Crippen LogP contribution in [0, 0.1) is 5.82 Å². The number of halogens is 1. The molecule has 3 aromatic rings. The summed E-state index contributed by atoms with van der Waals surface area (Å²) in [6.07, 6.45) is 7.67. The molecule has 1 atom stereocenters. The number of aliphatic hydroxyl groups is 1. The molecular weight excluding hydrogens is 473 g/mol. The van der Waals surface area contributed by atoms with Gasteiger partial charge in [-0.1, -0.05) is 25.1 Å². The number of ether oxygens (including phenoxy) is 3. The van der Waals surface area contributed by atoms with Crippen molar-refractivity contribution in [3.8, 4) is 17.2 Å². The first-order chi connectivity index (χ1) is 18.0. The lowest BCUT2D eigenvalue weighted by Gasteiger charge is -2.27. The van der Waals surface area contributed by atoms with Crippen LogP contribution in [0.1, 0.15) is 44.0 Å². The van der Waals surface area contributed by atoms with Crippen molar-refractivity contribution in [3.05, 3.63) is 72.1 Å². The molecule has 1 aromatic heterocycles. The number of benzene rings is 2. The second-order valence-corrected chi connectivity index (χ2v) is 9.65. The van der Waals surface area contributed by atoms with Crippen LogP contribution in [0.15, 0.2) is 54.9 Å². The molecule has 1 aliphatic rings. The zero-order valence-electron chi connectivity index (χ0n) is 21.9. The van der Waals surface area contributed by atoms with E-state index in [2.05, 4.69) is 27.4 Å². The summed E-state index contributed by atoms with van der Waals surface area (Å²) in [6.45, 7) is 6.01. The quantitative estimate of drug-likeness (QED) is 0.351. The van der Waals surface area contributed by atoms with Crippen LogP contribution < -0.4 is 14.2 Å². The molecule has 1 aliphatic heterocycles. The molecule has 0 radical (unpaired) electrons. The number of aromatic nitrogens is 2. The van der Waals surface area contributed by atoms with Gasteiger partial charge in [-0.3, -0.25) is 4.90 Å². The smallest absolute Gasteiger partial charge is 0.165 e. The van der Waals surface area contributed by atoms with Gasteiger partial charge < -0.3 is 23.9 Å². The van der Waals surface area contributed by atoms with Gasteiger partial charge in [-0.2, -0.15) is 0 Å². The fraction of sp³-hybridized carbons (Fsp3) is 0.483. The third-order valence-corrected chi connectivity index (χ3v) is 6.90. The minimum Gasteiger partial charge on any atom is -0.493 e. The molecule has 200 valence electrons. The van der Waals surface area contributed by atoms with Gasteiger partial charge >= 0.3 is 0 Å². The van der Waals surface area contributed by atoms with Gasteiger partial charge in [-0.25, -0.2) is 9.37 Å². The Morgan fingerprint density at radius 3 is 2.73 bits per heavy atom. The van der Waals surface area contributed by atoms with Crippen LogP contribution in [-0.2, 0) is 19.5 Å². The van der Waals surface area contributed by atoms with E-state index >= 15 is 0 Å². The molecule has 8 heteroatoms. The van der Waals surface area contributed by atoms with Gasteiger partial charge in [-0.05, 0) is 62.1 Å². The molecule has 0 bridgehead atoms. The highest BCUT2D eigenvalue weighted by Gasteiger charge is 2.31. The molecule has 1 unspecified atom stereocenters. The lowest BCUT2D eigenvalue weighted by Crippen LogP contribution is -2.37. The summed E-state index contributed by atoms with van der Waals surface area (Å²) in [5, 5.41) is 11.1. The van der Waals surface area contributed by atoms with Crippen molar-refractivity contribution in [2.75, 3.05) is 33.4 Å². The van der Waals surface area contributed by atoms with Crippen LogP contribution in [0.3, 0.4) is 0 Å². The van der Waals surface area contributed by atoms with Crippen LogP contribution >= 0.6 is 0 Å². The summed E-state index contributed by atoms with van der Waals surface area (Å²) < 4.78 is 33.3. The zero-order chi connectivity index (χ0) is 26.1. The molecule has 7 nitrogen and oxygen atoms in total. The van der Waals surface area contributed by atoms with E-state index in [1.807, 2.05) is 24.5 Å². The number of hydrogen-bond acceptors (Lipinski definition) is 6. The van der Waals surface area contributed by atoms with E-state index in [1.54, 1.807) is 25.3 Å². The topological polar surface area (TPSA) is 69.0 Å². The Hall–Kier alpha value is -3.10. The molecule has 0 aliphatic carbocycles. The van der Waals surface area contributed by atoms with Crippen LogP contribution in [0.5, 0.6) is 17.2 Å². The van der Waals surface area contributed by atoms with Gasteiger partial charge in [0, 0.05) is 38.4 Å². The average Bonchev–Trinajstić information content (AvgIpc) is 3.29. The monoisotopic (exact) mass is 511 g/mol. The number of hydrogen-bond donors (Lipinski definition) is 1. The number of aryl methyl sites for hydroxylation is 2. The van der Waals surface area contributed by atoms with Crippen molar-refractivity contribution < 1.29 is 23.7 Å². The van der Waals surface area contributed by atoms with Gasteiger partial charge in [0.15, 0.2) is 23.1 Å². The average molecular weight is 512 g/mol. The molecular formula is C29H38FN3O4. The highest BCUT2D eigenvalue weighted by molar-refractivity contribution is 5.43. The fourth-order valence-electron chi connectivity index (χ4n) is 4.77. The number of likely N-dealkylation sites (tertiary alicyclic amines) is 1. The molecule has 4 rings (SSSR count). The Balaban J connectivity index is 1.26. The SMILES string of the molecule is CCc1nccn1CCCOc1ccc(CN2CCCC(O)(COc3ccccc3F)CC2)cc1OC. The number of rotatable bonds is 12. The maximum absolute atomic E-state index is 13.9. The summed E-state index contributed by atoms with van der Waals surface area (Å²) in [7, 11) is 1.66. The van der Waals surface area contributed by atoms with E-state index in [4.69, 9.17) is 14.2 Å². The molecule has 1 saturated heterocycles. The Kier molecular flexibility index (Phi) is 9.41. The van der Waals surface area contributed by atoms with Crippen LogP contribution in [0.25, 0.3) is 0 Å². The number of methoxy groups -OCH3 is 1. The third kappa shape index (κ3) is 7.46. The van der Waals surface area contributed by atoms with Crippen LogP contribution in [0.4, 0.5) is 4.39 Å². The van der Waals surface area contributed by atoms with Gasteiger partial charge in [0.1, 0.15) is 12.4 Å². The number of imidazole rings is 1. The second-order valence-electron chi connectivity index (χ2n) is 9.65. The van der Waals surface area contributed by atoms with Gasteiger partial charge in [0.25, 0.3) is 0 Å². The third-order valence-electron chi connectivity index (χ3n) is 6.90. The normalized spacial score (nSPS) is 18.4. The van der Waals surface area contributed by atoms with E-state index in [0.717, 1.165) is 68.3 Å². The Bertz CT molecular complexity index is 1140. The minimum atomic E-state index is -0.971. The predicted molar refractivity (Wildman–Crippen MR) is 141 cm³/mol. The van der Waals surface area contributed by atoms with Crippen molar-refractivity contribution in [1.29, 1.82) is 0 Å². The summed E-state index contributed by atoms with van der Waals surface area (Å²) in [5.41, 5.74) is 0.157. The maximum Gasteiger partial charge on any atom is 0.165 e. The highest BCUT2D eigenvalue weighted by Crippen LogP contribution is 2.30. The molecule has 0 saturated carbocycles. The lowest BCUT2D eigenvalue weighted by atomic mass is 9.96. The molecule has 2 aromatic carbocycles. The summed E-state index contributed by atoms with van der Waals surface area (Å²) in [5.74, 6) is 2.32. The molecule has 0 spiro atoms. The van der Waals surface area contributed by atoms with Gasteiger partial charge in [0.2, 0.25) is 0 Å². The molecule has 1 N–H and O–H groups in total. The van der Waals surface area contributed by atoms with Crippen molar-refractivity contribution in [3.63, 3.8) is 0 Å². The van der Waals surface area contributed by atoms with Crippen LogP contribution in [-0.4, -0.2) is 58.6 Å². The minimum absolute atomic E-state index is 0.0856. The van der Waals surface area contributed by atoms with E-state index in [-0.39, 0.29) is 12.4 Å². The van der Waals surface area contributed by atoms with Gasteiger partial charge in [-0.15, -0.1) is 0 Å². The Morgan fingerprint density at radius 2 is 1.92 bits per heavy atom. The van der Waals surface area contributed by atoms with E-state index in [9.17, 15) is 9.50 Å². The Morgan fingerprint density at radius 1 is 1.05 bits per heavy atom. The Labute approximate surface area is 218 Å². The van der Waals surface area contributed by atoms with Crippen molar-refractivity contribution in [2.45, 2.75) is 57.7 Å². The van der Waals surface area contributed by atoms with Crippen LogP contribution in [0.2, 0.25) is 0 Å². The second kappa shape index (κ2) is 12.9. The standard InChI is InChI=1S/C29H38FN3O4/c1-3-28-31-14-18-33(28)16-7-19-36-26-11-10-23(20-27(26)35-2)21-32-15-6-12-29(34,13-17-32)22-37-25-9-5-4-8-24(25)30/h4-5,8-11,14,18,20,34H,3,6-7,12-13,15-17,19,21-22H2,1-2H3. The molecule has 0 amide bonds. The van der Waals surface area contributed by atoms with Crippen molar-refractivity contribution in [1.82, 2.24) is 14.5 Å². The predicted octanol–water partition coefficient (Wildman–Crippen LogP) is 4.86. The fourth-order valence-corrected chi connectivity index (χ4v) is 4.77. The molecule has 2 heterocycles. The molecule has 37 heavy (non-hydrogen) atoms. The summed E-state index contributed by atoms with van der Waals surface area (Å²) in [4.78, 5) is 6.69. The van der Waals surface area contributed by atoms with E-state index in [0.29, 0.717) is 19.4 Å². The van der Waals surface area contributed by atoms with Crippen molar-refractivity contribution >= 4 is 0 Å². The zero-order valence-corrected chi connectivity index (χ0v) is 21.9. The first-order valence-electron chi connectivity index (χ1n) is 13.1. The highest BCUT2D eigenvalue weighted by atomic mass is 19.1. The summed E-state index contributed by atoms with van der Waals surface area (Å²) in [6, 6.07) is 12.4. The summed E-state index contributed by atoms with van der Waals surface area (Å²) >= 11 is 0. The van der Waals surface area contributed by atoms with Gasteiger partial charge in [0.05, 0.1) is 19.3 Å². The lowest BCUT2D eigenvalue weighted by molar-refractivity contribution is -0.0177. The first-order valence-corrected chi connectivity index (χ1v) is 13.1. The number of nitrogens with zero attached hydrogens (tertiary/aromatic N) is 3. The van der Waals surface area contributed by atoms with Crippen molar-refractivity contribution in [2.24, 2.45) is 0 Å². The maximum atomic E-state index is 13.9. The largest absolute Gasteiger partial charge is 0.493 e. The first kappa shape index (κ1) is 26.9.